The molecule has 0 radical (unpaired) electrons. The number of anilines is 1. The van der Waals surface area contributed by atoms with Crippen LogP contribution in [0.2, 0.25) is 5.02 Å². The summed E-state index contributed by atoms with van der Waals surface area (Å²) in [7, 11) is 0. The molecule has 0 atom stereocenters. The molecule has 0 spiro atoms. The number of aryl methyl sites for hydroxylation is 2. The molecule has 1 N–H and O–H groups in total. The van der Waals surface area contributed by atoms with Gasteiger partial charge in [-0.25, -0.2) is 0 Å². The van der Waals surface area contributed by atoms with Crippen LogP contribution < -0.4 is 5.32 Å². The Hall–Kier alpha value is -2.23. The van der Waals surface area contributed by atoms with Crippen LogP contribution in [0.25, 0.3) is 0 Å². The number of halogens is 1. The molecular formula is C22H20ClNOS. The van der Waals surface area contributed by atoms with Gasteiger partial charge in [-0.15, -0.1) is 11.8 Å². The number of nitrogens with one attached hydrogen (secondary N) is 1. The third-order valence-corrected chi connectivity index (χ3v) is 5.41. The Morgan fingerprint density at radius 1 is 0.962 bits per heavy atom. The number of benzene rings is 3. The maximum atomic E-state index is 12.5. The second kappa shape index (κ2) is 8.43. The van der Waals surface area contributed by atoms with Gasteiger partial charge in [-0.05, 0) is 73.0 Å². The fraction of sp³-hybridized carbons (Fsp3) is 0.136. The second-order valence-corrected chi connectivity index (χ2v) is 7.70. The minimum Gasteiger partial charge on any atom is -0.322 e. The fourth-order valence-electron chi connectivity index (χ4n) is 2.51. The Morgan fingerprint density at radius 3 is 2.35 bits per heavy atom. The second-order valence-electron chi connectivity index (χ2n) is 6.21. The molecule has 0 bridgehead atoms. The zero-order valence-corrected chi connectivity index (χ0v) is 16.3. The van der Waals surface area contributed by atoms with Gasteiger partial charge in [-0.1, -0.05) is 35.9 Å². The minimum atomic E-state index is -0.0874. The summed E-state index contributed by atoms with van der Waals surface area (Å²) in [6.07, 6.45) is 0. The Kier molecular flexibility index (Phi) is 6.02. The molecule has 3 aromatic rings. The van der Waals surface area contributed by atoms with Gasteiger partial charge in [-0.2, -0.15) is 0 Å². The van der Waals surface area contributed by atoms with Crippen molar-refractivity contribution in [1.82, 2.24) is 0 Å². The van der Waals surface area contributed by atoms with E-state index in [1.165, 1.54) is 10.5 Å². The first-order chi connectivity index (χ1) is 12.5. The van der Waals surface area contributed by atoms with Crippen molar-refractivity contribution in [3.63, 3.8) is 0 Å². The van der Waals surface area contributed by atoms with Gasteiger partial charge in [0.15, 0.2) is 0 Å². The summed E-state index contributed by atoms with van der Waals surface area (Å²) in [5, 5.41) is 3.74. The van der Waals surface area contributed by atoms with Gasteiger partial charge in [0.2, 0.25) is 0 Å². The van der Waals surface area contributed by atoms with E-state index >= 15 is 0 Å². The highest BCUT2D eigenvalue weighted by atomic mass is 35.5. The van der Waals surface area contributed by atoms with Crippen molar-refractivity contribution in [2.75, 3.05) is 5.32 Å². The summed E-state index contributed by atoms with van der Waals surface area (Å²) in [5.41, 5.74) is 4.87. The molecule has 0 saturated heterocycles. The van der Waals surface area contributed by atoms with Gasteiger partial charge >= 0.3 is 0 Å². The Labute approximate surface area is 163 Å². The third kappa shape index (κ3) is 4.90. The van der Waals surface area contributed by atoms with Crippen molar-refractivity contribution >= 4 is 35.0 Å². The topological polar surface area (TPSA) is 29.1 Å². The lowest BCUT2D eigenvalue weighted by Crippen LogP contribution is -2.12. The van der Waals surface area contributed by atoms with Crippen LogP contribution >= 0.6 is 23.4 Å². The SMILES string of the molecule is Cc1ccc(C)c(NC(=O)c2ccc(CSc3ccc(Cl)cc3)cc2)c1. The van der Waals surface area contributed by atoms with E-state index in [1.54, 1.807) is 11.8 Å². The molecule has 0 aliphatic heterocycles. The molecule has 0 saturated carbocycles. The van der Waals surface area contributed by atoms with E-state index in [4.69, 9.17) is 11.6 Å². The molecule has 1 amide bonds. The van der Waals surface area contributed by atoms with E-state index < -0.39 is 0 Å². The molecular weight excluding hydrogens is 362 g/mol. The van der Waals surface area contributed by atoms with Crippen LogP contribution in [-0.2, 0) is 5.75 Å². The van der Waals surface area contributed by atoms with Gasteiger partial charge < -0.3 is 5.32 Å². The fourth-order valence-corrected chi connectivity index (χ4v) is 3.50. The van der Waals surface area contributed by atoms with E-state index in [0.29, 0.717) is 5.56 Å². The van der Waals surface area contributed by atoms with Crippen molar-refractivity contribution in [3.05, 3.63) is 94.0 Å². The van der Waals surface area contributed by atoms with Crippen molar-refractivity contribution < 1.29 is 4.79 Å². The average Bonchev–Trinajstić information content (AvgIpc) is 2.64. The predicted octanol–water partition coefficient (Wildman–Crippen LogP) is 6.50. The maximum absolute atomic E-state index is 12.5. The van der Waals surface area contributed by atoms with Gasteiger partial charge in [0.1, 0.15) is 0 Å². The first-order valence-electron chi connectivity index (χ1n) is 8.37. The number of hydrogen-bond acceptors (Lipinski definition) is 2. The molecule has 0 fully saturated rings. The number of carbonyl (C=O) groups is 1. The molecule has 0 heterocycles. The largest absolute Gasteiger partial charge is 0.322 e. The normalized spacial score (nSPS) is 10.6. The lowest BCUT2D eigenvalue weighted by atomic mass is 10.1. The number of thioether (sulfide) groups is 1. The van der Waals surface area contributed by atoms with Gasteiger partial charge in [0, 0.05) is 26.9 Å². The van der Waals surface area contributed by atoms with Crippen LogP contribution in [-0.4, -0.2) is 5.91 Å². The molecule has 0 aromatic heterocycles. The Bertz CT molecular complexity index is 904. The lowest BCUT2D eigenvalue weighted by molar-refractivity contribution is 0.102. The number of hydrogen-bond donors (Lipinski definition) is 1. The van der Waals surface area contributed by atoms with E-state index in [2.05, 4.69) is 5.32 Å². The van der Waals surface area contributed by atoms with Crippen LogP contribution in [0.5, 0.6) is 0 Å². The molecule has 4 heteroatoms. The summed E-state index contributed by atoms with van der Waals surface area (Å²) in [4.78, 5) is 13.6. The summed E-state index contributed by atoms with van der Waals surface area (Å²) in [6, 6.07) is 21.6. The summed E-state index contributed by atoms with van der Waals surface area (Å²) < 4.78 is 0. The molecule has 26 heavy (non-hydrogen) atoms. The van der Waals surface area contributed by atoms with Crippen LogP contribution in [0.4, 0.5) is 5.69 Å². The van der Waals surface area contributed by atoms with Crippen molar-refractivity contribution in [2.24, 2.45) is 0 Å². The standard InChI is InChI=1S/C22H20ClNOS/c1-15-3-4-16(2)21(13-15)24-22(25)18-7-5-17(6-8-18)14-26-20-11-9-19(23)10-12-20/h3-13H,14H2,1-2H3,(H,24,25). The van der Waals surface area contributed by atoms with E-state index in [0.717, 1.165) is 27.6 Å². The highest BCUT2D eigenvalue weighted by Gasteiger charge is 2.08. The molecule has 3 aromatic carbocycles. The molecule has 2 nitrogen and oxygen atoms in total. The minimum absolute atomic E-state index is 0.0874. The van der Waals surface area contributed by atoms with Crippen LogP contribution in [0.15, 0.2) is 71.6 Å². The summed E-state index contributed by atoms with van der Waals surface area (Å²) in [6.45, 7) is 4.01. The molecule has 0 aliphatic carbocycles. The lowest BCUT2D eigenvalue weighted by Gasteiger charge is -2.10. The molecule has 132 valence electrons. The van der Waals surface area contributed by atoms with E-state index in [-0.39, 0.29) is 5.91 Å². The monoisotopic (exact) mass is 381 g/mol. The van der Waals surface area contributed by atoms with Crippen molar-refractivity contribution in [3.8, 4) is 0 Å². The molecule has 0 unspecified atom stereocenters. The predicted molar refractivity (Wildman–Crippen MR) is 111 cm³/mol. The van der Waals surface area contributed by atoms with E-state index in [1.807, 2.05) is 80.6 Å². The quantitative estimate of drug-likeness (QED) is 0.511. The third-order valence-electron chi connectivity index (χ3n) is 4.08. The maximum Gasteiger partial charge on any atom is 0.255 e. The van der Waals surface area contributed by atoms with Crippen molar-refractivity contribution in [1.29, 1.82) is 0 Å². The van der Waals surface area contributed by atoms with Gasteiger partial charge in [0.05, 0.1) is 0 Å². The Morgan fingerprint density at radius 2 is 1.65 bits per heavy atom. The molecule has 3 rings (SSSR count). The summed E-state index contributed by atoms with van der Waals surface area (Å²) in [5.74, 6) is 0.760. The Balaban J connectivity index is 1.62. The van der Waals surface area contributed by atoms with Crippen molar-refractivity contribution in [2.45, 2.75) is 24.5 Å². The summed E-state index contributed by atoms with van der Waals surface area (Å²) >= 11 is 7.65. The zero-order chi connectivity index (χ0) is 18.5. The highest BCUT2D eigenvalue weighted by molar-refractivity contribution is 7.98. The first-order valence-corrected chi connectivity index (χ1v) is 9.73. The van der Waals surface area contributed by atoms with Crippen LogP contribution in [0.3, 0.4) is 0 Å². The smallest absolute Gasteiger partial charge is 0.255 e. The van der Waals surface area contributed by atoms with E-state index in [9.17, 15) is 4.79 Å². The zero-order valence-electron chi connectivity index (χ0n) is 14.8. The van der Waals surface area contributed by atoms with Crippen LogP contribution in [0, 0.1) is 13.8 Å². The average molecular weight is 382 g/mol. The van der Waals surface area contributed by atoms with Gasteiger partial charge in [0.25, 0.3) is 5.91 Å². The first kappa shape index (κ1) is 18.6. The number of rotatable bonds is 5. The van der Waals surface area contributed by atoms with Gasteiger partial charge in [-0.3, -0.25) is 4.79 Å². The number of amides is 1. The molecule has 0 aliphatic rings. The highest BCUT2D eigenvalue weighted by Crippen LogP contribution is 2.24. The van der Waals surface area contributed by atoms with Crippen LogP contribution in [0.1, 0.15) is 27.0 Å². The number of carbonyl (C=O) groups excluding carboxylic acids is 1.